The van der Waals surface area contributed by atoms with Gasteiger partial charge in [-0.25, -0.2) is 0 Å². The van der Waals surface area contributed by atoms with Crippen LogP contribution in [-0.4, -0.2) is 50.0 Å². The fraction of sp³-hybridized carbons (Fsp3) is 0.467. The van der Waals surface area contributed by atoms with E-state index in [4.69, 9.17) is 4.74 Å². The van der Waals surface area contributed by atoms with Crippen molar-refractivity contribution in [2.24, 2.45) is 5.92 Å². The van der Waals surface area contributed by atoms with Crippen LogP contribution in [-0.2, 0) is 20.7 Å². The molecular weight excluding hydrogens is 331 g/mol. The Morgan fingerprint density at radius 3 is 2.54 bits per heavy atom. The number of amides is 1. The molecule has 0 aliphatic carbocycles. The Hall–Kier alpha value is -2.29. The van der Waals surface area contributed by atoms with Crippen molar-refractivity contribution in [1.82, 2.24) is 5.32 Å². The molecule has 6 nitrogen and oxygen atoms in total. The van der Waals surface area contributed by atoms with Crippen molar-refractivity contribution in [3.8, 4) is 5.75 Å². The summed E-state index contributed by atoms with van der Waals surface area (Å²) in [5.41, 5.74) is 0.648. The van der Waals surface area contributed by atoms with Gasteiger partial charge in [0.1, 0.15) is 19.0 Å². The highest BCUT2D eigenvalue weighted by atomic mass is 19.4. The fourth-order valence-corrected chi connectivity index (χ4v) is 1.93. The third-order valence-corrected chi connectivity index (χ3v) is 3.05. The predicted octanol–water partition coefficient (Wildman–Crippen LogP) is 1.63. The number of methoxy groups -OCH3 is 1. The van der Waals surface area contributed by atoms with Crippen molar-refractivity contribution in [1.29, 1.82) is 0 Å². The molecule has 0 spiro atoms. The number of nitrogens with one attached hydrogen (secondary N) is 1. The van der Waals surface area contributed by atoms with Crippen LogP contribution in [0.3, 0.4) is 0 Å². The van der Waals surface area contributed by atoms with Gasteiger partial charge < -0.3 is 19.9 Å². The molecule has 9 heteroatoms. The van der Waals surface area contributed by atoms with E-state index in [0.717, 1.165) is 0 Å². The first kappa shape index (κ1) is 19.8. The highest BCUT2D eigenvalue weighted by Gasteiger charge is 2.28. The number of para-hydroxylation sites is 1. The number of hydrogen-bond donors (Lipinski definition) is 2. The maximum absolute atomic E-state index is 11.9. The van der Waals surface area contributed by atoms with Gasteiger partial charge in [-0.1, -0.05) is 18.2 Å². The van der Waals surface area contributed by atoms with Crippen LogP contribution < -0.4 is 10.1 Å². The number of halogens is 3. The van der Waals surface area contributed by atoms with Gasteiger partial charge in [0, 0.05) is 6.54 Å². The van der Waals surface area contributed by atoms with Gasteiger partial charge in [0.2, 0.25) is 5.91 Å². The number of carboxylic acids is 1. The molecule has 0 radical (unpaired) electrons. The lowest BCUT2D eigenvalue weighted by Gasteiger charge is -2.15. The van der Waals surface area contributed by atoms with Gasteiger partial charge in [0.15, 0.2) is 0 Å². The van der Waals surface area contributed by atoms with Crippen LogP contribution in [0.2, 0.25) is 0 Å². The normalized spacial score (nSPS) is 12.5. The molecule has 1 aromatic carbocycles. The zero-order chi connectivity index (χ0) is 18.2. The summed E-state index contributed by atoms with van der Waals surface area (Å²) in [5.74, 6) is -2.39. The highest BCUT2D eigenvalue weighted by molar-refractivity contribution is 5.78. The molecule has 1 unspecified atom stereocenters. The third kappa shape index (κ3) is 7.32. The van der Waals surface area contributed by atoms with E-state index in [-0.39, 0.29) is 13.0 Å². The zero-order valence-corrected chi connectivity index (χ0v) is 12.9. The smallest absolute Gasteiger partial charge is 0.411 e. The predicted molar refractivity (Wildman–Crippen MR) is 77.7 cm³/mol. The van der Waals surface area contributed by atoms with Gasteiger partial charge in [-0.15, -0.1) is 0 Å². The second-order valence-corrected chi connectivity index (χ2v) is 4.96. The van der Waals surface area contributed by atoms with Gasteiger partial charge in [0.25, 0.3) is 0 Å². The third-order valence-electron chi connectivity index (χ3n) is 3.05. The van der Waals surface area contributed by atoms with E-state index in [1.165, 1.54) is 7.11 Å². The molecule has 0 heterocycles. The molecule has 2 N–H and O–H groups in total. The maximum Gasteiger partial charge on any atom is 0.411 e. The van der Waals surface area contributed by atoms with Crippen molar-refractivity contribution < 1.29 is 37.3 Å². The number of aliphatic carboxylic acids is 1. The summed E-state index contributed by atoms with van der Waals surface area (Å²) in [6, 6.07) is 6.83. The van der Waals surface area contributed by atoms with Crippen molar-refractivity contribution in [3.63, 3.8) is 0 Å². The maximum atomic E-state index is 11.9. The number of carbonyl (C=O) groups is 2. The quantitative estimate of drug-likeness (QED) is 0.708. The second kappa shape index (κ2) is 9.11. The summed E-state index contributed by atoms with van der Waals surface area (Å²) < 4.78 is 45.0. The summed E-state index contributed by atoms with van der Waals surface area (Å²) in [4.78, 5) is 22.7. The Morgan fingerprint density at radius 1 is 1.29 bits per heavy atom. The standard InChI is InChI=1S/C15H18F3NO5/c1-23-12-5-3-2-4-10(12)6-11(14(21)22)7-19-13(20)8-24-9-15(16,17)18/h2-5,11H,6-9H2,1H3,(H,19,20)(H,21,22). The van der Waals surface area contributed by atoms with Crippen molar-refractivity contribution in [2.45, 2.75) is 12.6 Å². The van der Waals surface area contributed by atoms with Gasteiger partial charge in [0.05, 0.1) is 13.0 Å². The molecule has 0 aliphatic heterocycles. The van der Waals surface area contributed by atoms with E-state index in [2.05, 4.69) is 10.1 Å². The minimum atomic E-state index is -4.52. The Morgan fingerprint density at radius 2 is 1.96 bits per heavy atom. The van der Waals surface area contributed by atoms with E-state index in [0.29, 0.717) is 11.3 Å². The first-order valence-electron chi connectivity index (χ1n) is 6.99. The monoisotopic (exact) mass is 349 g/mol. The zero-order valence-electron chi connectivity index (χ0n) is 12.9. The SMILES string of the molecule is COc1ccccc1CC(CNC(=O)COCC(F)(F)F)C(=O)O. The van der Waals surface area contributed by atoms with Crippen LogP contribution in [0.4, 0.5) is 13.2 Å². The summed E-state index contributed by atoms with van der Waals surface area (Å²) in [6.45, 7) is -2.56. The average molecular weight is 349 g/mol. The molecule has 0 bridgehead atoms. The van der Waals surface area contributed by atoms with Crippen LogP contribution in [0.15, 0.2) is 24.3 Å². The topological polar surface area (TPSA) is 84.9 Å². The Kier molecular flexibility index (Phi) is 7.50. The van der Waals surface area contributed by atoms with Crippen LogP contribution in [0.25, 0.3) is 0 Å². The molecule has 24 heavy (non-hydrogen) atoms. The van der Waals surface area contributed by atoms with Gasteiger partial charge >= 0.3 is 12.1 Å². The van der Waals surface area contributed by atoms with E-state index < -0.39 is 37.2 Å². The molecule has 134 valence electrons. The lowest BCUT2D eigenvalue weighted by atomic mass is 9.98. The molecule has 1 amide bonds. The van der Waals surface area contributed by atoms with Crippen LogP contribution in [0.1, 0.15) is 5.56 Å². The number of hydrogen-bond acceptors (Lipinski definition) is 4. The van der Waals surface area contributed by atoms with E-state index in [1.807, 2.05) is 0 Å². The van der Waals surface area contributed by atoms with Crippen molar-refractivity contribution >= 4 is 11.9 Å². The number of rotatable bonds is 9. The minimum absolute atomic E-state index is 0.100. The Labute approximate surface area is 136 Å². The average Bonchev–Trinajstić information content (AvgIpc) is 2.50. The summed E-state index contributed by atoms with van der Waals surface area (Å²) in [5, 5.41) is 11.5. The molecule has 1 rings (SSSR count). The molecular formula is C15H18F3NO5. The number of carbonyl (C=O) groups excluding carboxylic acids is 1. The van der Waals surface area contributed by atoms with E-state index in [1.54, 1.807) is 24.3 Å². The molecule has 0 saturated heterocycles. The highest BCUT2D eigenvalue weighted by Crippen LogP contribution is 2.21. The lowest BCUT2D eigenvalue weighted by molar-refractivity contribution is -0.175. The lowest BCUT2D eigenvalue weighted by Crippen LogP contribution is -2.36. The number of alkyl halides is 3. The van der Waals surface area contributed by atoms with E-state index in [9.17, 15) is 27.9 Å². The Bertz CT molecular complexity index is 562. The summed E-state index contributed by atoms with van der Waals surface area (Å²) >= 11 is 0. The molecule has 0 aliphatic rings. The van der Waals surface area contributed by atoms with Crippen molar-refractivity contribution in [3.05, 3.63) is 29.8 Å². The molecule has 0 fully saturated rings. The van der Waals surface area contributed by atoms with Crippen LogP contribution in [0.5, 0.6) is 5.75 Å². The van der Waals surface area contributed by atoms with Gasteiger partial charge in [-0.2, -0.15) is 13.2 Å². The van der Waals surface area contributed by atoms with Crippen molar-refractivity contribution in [2.75, 3.05) is 26.9 Å². The minimum Gasteiger partial charge on any atom is -0.496 e. The van der Waals surface area contributed by atoms with Crippen LogP contribution in [0, 0.1) is 5.92 Å². The molecule has 1 atom stereocenters. The molecule has 0 aromatic heterocycles. The first-order valence-corrected chi connectivity index (χ1v) is 6.99. The number of ether oxygens (including phenoxy) is 2. The molecule has 0 saturated carbocycles. The fourth-order valence-electron chi connectivity index (χ4n) is 1.93. The molecule has 1 aromatic rings. The second-order valence-electron chi connectivity index (χ2n) is 4.96. The first-order chi connectivity index (χ1) is 11.2. The largest absolute Gasteiger partial charge is 0.496 e. The number of carboxylic acid groups (broad SMARTS) is 1. The summed E-state index contributed by atoms with van der Waals surface area (Å²) in [6.07, 6.45) is -4.42. The van der Waals surface area contributed by atoms with Gasteiger partial charge in [-0.05, 0) is 18.1 Å². The summed E-state index contributed by atoms with van der Waals surface area (Å²) in [7, 11) is 1.45. The Balaban J connectivity index is 2.52. The van der Waals surface area contributed by atoms with E-state index >= 15 is 0 Å². The van der Waals surface area contributed by atoms with Crippen LogP contribution >= 0.6 is 0 Å². The number of benzene rings is 1. The van der Waals surface area contributed by atoms with Gasteiger partial charge in [-0.3, -0.25) is 9.59 Å².